The second kappa shape index (κ2) is 6.04. The van der Waals surface area contributed by atoms with Crippen LogP contribution in [-0.2, 0) is 10.9 Å². The number of methoxy groups -OCH3 is 1. The molecule has 1 aromatic heterocycles. The predicted molar refractivity (Wildman–Crippen MR) is 69.5 cm³/mol. The summed E-state index contributed by atoms with van der Waals surface area (Å²) < 4.78 is 43.2. The lowest BCUT2D eigenvalue weighted by Crippen LogP contribution is -2.14. The number of alkyl halides is 3. The zero-order valence-electron chi connectivity index (χ0n) is 10.9. The standard InChI is InChI=1S/C13H14F3N3O/c1-20-8-4-7-17-11-9-5-2-3-6-10(9)18-12(19-11)13(14,15)16/h2-3,5-6H,4,7-8H2,1H3,(H,17,18,19). The van der Waals surface area contributed by atoms with E-state index >= 15 is 0 Å². The van der Waals surface area contributed by atoms with Crippen molar-refractivity contribution < 1.29 is 17.9 Å². The van der Waals surface area contributed by atoms with E-state index in [1.54, 1.807) is 25.3 Å². The molecular formula is C13H14F3N3O. The highest BCUT2D eigenvalue weighted by Crippen LogP contribution is 2.30. The van der Waals surface area contributed by atoms with Gasteiger partial charge in [0, 0.05) is 25.6 Å². The number of halogens is 3. The van der Waals surface area contributed by atoms with E-state index in [2.05, 4.69) is 15.3 Å². The van der Waals surface area contributed by atoms with Gasteiger partial charge < -0.3 is 10.1 Å². The molecular weight excluding hydrogens is 271 g/mol. The van der Waals surface area contributed by atoms with E-state index in [1.807, 2.05) is 0 Å². The highest BCUT2D eigenvalue weighted by atomic mass is 19.4. The maximum Gasteiger partial charge on any atom is 0.451 e. The van der Waals surface area contributed by atoms with Crippen molar-refractivity contribution in [2.75, 3.05) is 25.6 Å². The van der Waals surface area contributed by atoms with Gasteiger partial charge in [0.2, 0.25) is 5.82 Å². The molecule has 108 valence electrons. The number of para-hydroxylation sites is 1. The molecule has 4 nitrogen and oxygen atoms in total. The van der Waals surface area contributed by atoms with Gasteiger partial charge in [-0.25, -0.2) is 9.97 Å². The van der Waals surface area contributed by atoms with E-state index in [9.17, 15) is 13.2 Å². The molecule has 1 heterocycles. The first-order valence-corrected chi connectivity index (χ1v) is 6.09. The fraction of sp³-hybridized carbons (Fsp3) is 0.385. The summed E-state index contributed by atoms with van der Waals surface area (Å²) in [5.74, 6) is -0.940. The van der Waals surface area contributed by atoms with E-state index in [0.717, 1.165) is 0 Å². The van der Waals surface area contributed by atoms with Gasteiger partial charge in [-0.15, -0.1) is 0 Å². The first kappa shape index (κ1) is 14.5. The van der Waals surface area contributed by atoms with Gasteiger partial charge >= 0.3 is 6.18 Å². The molecule has 0 aliphatic rings. The minimum absolute atomic E-state index is 0.194. The quantitative estimate of drug-likeness (QED) is 0.858. The summed E-state index contributed by atoms with van der Waals surface area (Å²) in [5, 5.41) is 3.47. The number of nitrogens with one attached hydrogen (secondary N) is 1. The molecule has 0 spiro atoms. The van der Waals surface area contributed by atoms with Crippen molar-refractivity contribution in [1.29, 1.82) is 0 Å². The molecule has 7 heteroatoms. The molecule has 0 amide bonds. The third kappa shape index (κ3) is 3.36. The molecule has 0 saturated carbocycles. The summed E-state index contributed by atoms with van der Waals surface area (Å²) in [5.41, 5.74) is 0.268. The fourth-order valence-corrected chi connectivity index (χ4v) is 1.76. The minimum atomic E-state index is -4.56. The zero-order valence-corrected chi connectivity index (χ0v) is 10.9. The average Bonchev–Trinajstić information content (AvgIpc) is 2.42. The molecule has 1 aromatic carbocycles. The number of hydrogen-bond donors (Lipinski definition) is 1. The first-order valence-electron chi connectivity index (χ1n) is 6.09. The normalized spacial score (nSPS) is 11.8. The van der Waals surface area contributed by atoms with Gasteiger partial charge in [0.25, 0.3) is 0 Å². The van der Waals surface area contributed by atoms with Crippen molar-refractivity contribution in [2.24, 2.45) is 0 Å². The van der Waals surface area contributed by atoms with Crippen molar-refractivity contribution >= 4 is 16.7 Å². The number of rotatable bonds is 5. The molecule has 1 N–H and O–H groups in total. The van der Waals surface area contributed by atoms with Crippen molar-refractivity contribution in [2.45, 2.75) is 12.6 Å². The van der Waals surface area contributed by atoms with Crippen molar-refractivity contribution in [3.8, 4) is 0 Å². The van der Waals surface area contributed by atoms with Gasteiger partial charge in [-0.05, 0) is 18.6 Å². The van der Waals surface area contributed by atoms with Crippen LogP contribution in [0.5, 0.6) is 0 Å². The predicted octanol–water partition coefficient (Wildman–Crippen LogP) is 3.10. The number of benzene rings is 1. The van der Waals surface area contributed by atoms with Crippen molar-refractivity contribution in [3.05, 3.63) is 30.1 Å². The second-order valence-corrected chi connectivity index (χ2v) is 4.18. The number of ether oxygens (including phenoxy) is 1. The molecule has 20 heavy (non-hydrogen) atoms. The number of nitrogens with zero attached hydrogens (tertiary/aromatic N) is 2. The van der Waals surface area contributed by atoms with E-state index in [0.29, 0.717) is 25.0 Å². The zero-order chi connectivity index (χ0) is 14.6. The van der Waals surface area contributed by atoms with Gasteiger partial charge in [0.15, 0.2) is 0 Å². The van der Waals surface area contributed by atoms with E-state index in [4.69, 9.17) is 4.74 Å². The molecule has 0 saturated heterocycles. The molecule has 0 fully saturated rings. The summed E-state index contributed by atoms with van der Waals surface area (Å²) in [7, 11) is 1.57. The van der Waals surface area contributed by atoms with Crippen LogP contribution < -0.4 is 5.32 Å². The smallest absolute Gasteiger partial charge is 0.385 e. The average molecular weight is 285 g/mol. The van der Waals surface area contributed by atoms with E-state index < -0.39 is 12.0 Å². The Bertz CT molecular complexity index is 587. The van der Waals surface area contributed by atoms with Crippen LogP contribution in [-0.4, -0.2) is 30.2 Å². The maximum atomic E-state index is 12.8. The summed E-state index contributed by atoms with van der Waals surface area (Å²) in [6.07, 6.45) is -3.89. The number of hydrogen-bond acceptors (Lipinski definition) is 4. The maximum absolute atomic E-state index is 12.8. The highest BCUT2D eigenvalue weighted by molar-refractivity contribution is 5.89. The third-order valence-corrected chi connectivity index (χ3v) is 2.67. The summed E-state index contributed by atoms with van der Waals surface area (Å²) in [6, 6.07) is 6.60. The van der Waals surface area contributed by atoms with Crippen molar-refractivity contribution in [3.63, 3.8) is 0 Å². The molecule has 0 unspecified atom stereocenters. The molecule has 0 aliphatic carbocycles. The van der Waals surface area contributed by atoms with Gasteiger partial charge in [-0.2, -0.15) is 13.2 Å². The van der Waals surface area contributed by atoms with Crippen LogP contribution in [0.15, 0.2) is 24.3 Å². The van der Waals surface area contributed by atoms with Crippen LogP contribution >= 0.6 is 0 Å². The van der Waals surface area contributed by atoms with Crippen LogP contribution in [0.4, 0.5) is 19.0 Å². The van der Waals surface area contributed by atoms with Crippen LogP contribution in [0.3, 0.4) is 0 Å². The lowest BCUT2D eigenvalue weighted by Gasteiger charge is -2.12. The minimum Gasteiger partial charge on any atom is -0.385 e. The van der Waals surface area contributed by atoms with Gasteiger partial charge in [-0.1, -0.05) is 12.1 Å². The lowest BCUT2D eigenvalue weighted by molar-refractivity contribution is -0.144. The van der Waals surface area contributed by atoms with Gasteiger partial charge in [-0.3, -0.25) is 0 Å². The highest BCUT2D eigenvalue weighted by Gasteiger charge is 2.35. The Morgan fingerprint density at radius 3 is 2.65 bits per heavy atom. The molecule has 0 aliphatic heterocycles. The van der Waals surface area contributed by atoms with Crippen LogP contribution in [0.25, 0.3) is 10.9 Å². The summed E-state index contributed by atoms with van der Waals surface area (Å²) in [6.45, 7) is 1.01. The van der Waals surface area contributed by atoms with E-state index in [1.165, 1.54) is 6.07 Å². The van der Waals surface area contributed by atoms with Gasteiger partial charge in [0.1, 0.15) is 5.82 Å². The Morgan fingerprint density at radius 2 is 1.95 bits per heavy atom. The Kier molecular flexibility index (Phi) is 4.39. The summed E-state index contributed by atoms with van der Waals surface area (Å²) >= 11 is 0. The van der Waals surface area contributed by atoms with Gasteiger partial charge in [0.05, 0.1) is 5.52 Å². The molecule has 2 rings (SSSR count). The third-order valence-electron chi connectivity index (χ3n) is 2.67. The number of fused-ring (bicyclic) bond motifs is 1. The Hall–Kier alpha value is -1.89. The van der Waals surface area contributed by atoms with Crippen LogP contribution in [0, 0.1) is 0 Å². The molecule has 0 atom stereocenters. The topological polar surface area (TPSA) is 47.0 Å². The second-order valence-electron chi connectivity index (χ2n) is 4.18. The Labute approximate surface area is 114 Å². The molecule has 0 bridgehead atoms. The molecule has 0 radical (unpaired) electrons. The fourth-order valence-electron chi connectivity index (χ4n) is 1.76. The number of anilines is 1. The summed E-state index contributed by atoms with van der Waals surface area (Å²) in [4.78, 5) is 7.13. The number of aromatic nitrogens is 2. The Morgan fingerprint density at radius 1 is 1.20 bits per heavy atom. The lowest BCUT2D eigenvalue weighted by atomic mass is 10.2. The SMILES string of the molecule is COCCCNc1nc(C(F)(F)F)nc2ccccc12. The van der Waals surface area contributed by atoms with Crippen LogP contribution in [0.2, 0.25) is 0 Å². The van der Waals surface area contributed by atoms with Crippen molar-refractivity contribution in [1.82, 2.24) is 9.97 Å². The van der Waals surface area contributed by atoms with Crippen LogP contribution in [0.1, 0.15) is 12.2 Å². The van der Waals surface area contributed by atoms with E-state index in [-0.39, 0.29) is 11.3 Å². The largest absolute Gasteiger partial charge is 0.451 e. The monoisotopic (exact) mass is 285 g/mol. The Balaban J connectivity index is 2.34. The first-order chi connectivity index (χ1) is 9.52. The molecule has 2 aromatic rings.